The summed E-state index contributed by atoms with van der Waals surface area (Å²) in [5.41, 5.74) is 3.14. The smallest absolute Gasteiger partial charge is 0.173 e. The zero-order valence-corrected chi connectivity index (χ0v) is 14.4. The van der Waals surface area contributed by atoms with Gasteiger partial charge in [-0.3, -0.25) is 4.79 Å². The number of carbonyl (C=O) groups is 1. The molecule has 4 rings (SSSR count). The van der Waals surface area contributed by atoms with E-state index in [2.05, 4.69) is 17.5 Å². The van der Waals surface area contributed by atoms with Gasteiger partial charge in [-0.2, -0.15) is 0 Å². The van der Waals surface area contributed by atoms with Crippen LogP contribution >= 0.6 is 11.3 Å². The first-order chi connectivity index (χ1) is 11.7. The number of benzene rings is 1. The van der Waals surface area contributed by atoms with Crippen LogP contribution in [-0.2, 0) is 6.42 Å². The third kappa shape index (κ3) is 2.91. The average Bonchev–Trinajstić information content (AvgIpc) is 3.30. The molecular formula is C20H20FNOS. The molecule has 0 N–H and O–H groups in total. The van der Waals surface area contributed by atoms with E-state index in [1.165, 1.54) is 24.5 Å². The summed E-state index contributed by atoms with van der Waals surface area (Å²) >= 11 is 1.57. The number of hydrogen-bond acceptors (Lipinski definition) is 3. The SMILES string of the molecule is C=CCN1CCc2cc(C(=O)CC3CC3)sc2-c2ccc(F)cc21. The normalized spacial score (nSPS) is 16.3. The molecule has 2 aliphatic rings. The number of ketones is 1. The molecule has 1 aromatic carbocycles. The lowest BCUT2D eigenvalue weighted by atomic mass is 10.1. The molecule has 1 saturated carbocycles. The molecule has 2 heterocycles. The number of nitrogens with zero attached hydrogens (tertiary/aromatic N) is 1. The first-order valence-electron chi connectivity index (χ1n) is 8.47. The fraction of sp³-hybridized carbons (Fsp3) is 0.350. The molecule has 0 spiro atoms. The number of halogens is 1. The van der Waals surface area contributed by atoms with Gasteiger partial charge in [-0.25, -0.2) is 4.39 Å². The highest BCUT2D eigenvalue weighted by atomic mass is 32.1. The Balaban J connectivity index is 1.75. The van der Waals surface area contributed by atoms with Crippen LogP contribution in [0, 0.1) is 11.7 Å². The molecule has 0 atom stereocenters. The topological polar surface area (TPSA) is 20.3 Å². The van der Waals surface area contributed by atoms with Crippen LogP contribution in [0.3, 0.4) is 0 Å². The molecule has 1 aliphatic heterocycles. The van der Waals surface area contributed by atoms with Gasteiger partial charge in [-0.05, 0) is 55.0 Å². The van der Waals surface area contributed by atoms with Crippen molar-refractivity contribution in [2.75, 3.05) is 18.0 Å². The monoisotopic (exact) mass is 341 g/mol. The van der Waals surface area contributed by atoms with Crippen molar-refractivity contribution in [2.45, 2.75) is 25.7 Å². The lowest BCUT2D eigenvalue weighted by molar-refractivity contribution is 0.0980. The Hall–Kier alpha value is -1.94. The fourth-order valence-corrected chi connectivity index (χ4v) is 4.54. The van der Waals surface area contributed by atoms with Gasteiger partial charge in [0, 0.05) is 35.6 Å². The molecule has 0 amide bonds. The molecule has 1 fully saturated rings. The van der Waals surface area contributed by atoms with Crippen molar-refractivity contribution in [1.29, 1.82) is 0 Å². The zero-order valence-electron chi connectivity index (χ0n) is 13.6. The molecule has 1 aromatic heterocycles. The summed E-state index contributed by atoms with van der Waals surface area (Å²) in [6.45, 7) is 5.31. The molecule has 0 unspecified atom stereocenters. The molecule has 24 heavy (non-hydrogen) atoms. The minimum absolute atomic E-state index is 0.229. The Morgan fingerprint density at radius 3 is 2.96 bits per heavy atom. The summed E-state index contributed by atoms with van der Waals surface area (Å²) in [5, 5.41) is 0. The third-order valence-electron chi connectivity index (χ3n) is 4.80. The lowest BCUT2D eigenvalue weighted by Gasteiger charge is -2.23. The second-order valence-electron chi connectivity index (χ2n) is 6.68. The van der Waals surface area contributed by atoms with E-state index in [4.69, 9.17) is 0 Å². The largest absolute Gasteiger partial charge is 0.367 e. The van der Waals surface area contributed by atoms with Gasteiger partial charge in [0.2, 0.25) is 0 Å². The van der Waals surface area contributed by atoms with Gasteiger partial charge in [0.25, 0.3) is 0 Å². The van der Waals surface area contributed by atoms with E-state index in [0.717, 1.165) is 34.0 Å². The van der Waals surface area contributed by atoms with Crippen molar-refractivity contribution in [3.63, 3.8) is 0 Å². The highest BCUT2D eigenvalue weighted by molar-refractivity contribution is 7.17. The van der Waals surface area contributed by atoms with Crippen LogP contribution < -0.4 is 4.90 Å². The van der Waals surface area contributed by atoms with Crippen LogP contribution in [0.1, 0.15) is 34.5 Å². The first-order valence-corrected chi connectivity index (χ1v) is 9.29. The highest BCUT2D eigenvalue weighted by Gasteiger charge is 2.28. The Morgan fingerprint density at radius 2 is 2.21 bits per heavy atom. The molecule has 0 bridgehead atoms. The van der Waals surface area contributed by atoms with Gasteiger partial charge in [0.1, 0.15) is 5.82 Å². The summed E-state index contributed by atoms with van der Waals surface area (Å²) < 4.78 is 13.8. The first kappa shape index (κ1) is 15.6. The van der Waals surface area contributed by atoms with E-state index in [1.807, 2.05) is 12.1 Å². The maximum Gasteiger partial charge on any atom is 0.173 e. The summed E-state index contributed by atoms with van der Waals surface area (Å²) in [7, 11) is 0. The number of carbonyl (C=O) groups excluding carboxylic acids is 1. The minimum atomic E-state index is -0.229. The van der Waals surface area contributed by atoms with Crippen LogP contribution in [0.2, 0.25) is 0 Å². The van der Waals surface area contributed by atoms with E-state index in [-0.39, 0.29) is 11.6 Å². The van der Waals surface area contributed by atoms with Crippen LogP contribution in [0.25, 0.3) is 10.4 Å². The number of anilines is 1. The molecule has 2 aromatic rings. The number of thiophene rings is 1. The van der Waals surface area contributed by atoms with Gasteiger partial charge in [-0.1, -0.05) is 6.08 Å². The van der Waals surface area contributed by atoms with Gasteiger partial charge in [-0.15, -0.1) is 17.9 Å². The summed E-state index contributed by atoms with van der Waals surface area (Å²) in [4.78, 5) is 16.6. The Morgan fingerprint density at radius 1 is 1.38 bits per heavy atom. The van der Waals surface area contributed by atoms with E-state index < -0.39 is 0 Å². The van der Waals surface area contributed by atoms with Crippen LogP contribution in [-0.4, -0.2) is 18.9 Å². The lowest BCUT2D eigenvalue weighted by Crippen LogP contribution is -2.25. The quantitative estimate of drug-likeness (QED) is 0.558. The van der Waals surface area contributed by atoms with Crippen molar-refractivity contribution in [2.24, 2.45) is 5.92 Å². The van der Waals surface area contributed by atoms with Crippen molar-refractivity contribution in [3.05, 3.63) is 53.2 Å². The Labute approximate surface area is 145 Å². The number of rotatable bonds is 5. The Bertz CT molecular complexity index is 806. The Kier molecular flexibility index (Phi) is 4.01. The van der Waals surface area contributed by atoms with Gasteiger partial charge in [0.15, 0.2) is 5.78 Å². The van der Waals surface area contributed by atoms with Crippen molar-refractivity contribution in [1.82, 2.24) is 0 Å². The number of fused-ring (bicyclic) bond motifs is 3. The predicted molar refractivity (Wildman–Crippen MR) is 97.5 cm³/mol. The molecule has 0 saturated heterocycles. The van der Waals surface area contributed by atoms with E-state index in [0.29, 0.717) is 18.9 Å². The molecule has 0 radical (unpaired) electrons. The second-order valence-corrected chi connectivity index (χ2v) is 7.73. The average molecular weight is 341 g/mol. The van der Waals surface area contributed by atoms with E-state index in [1.54, 1.807) is 17.4 Å². The number of Topliss-reactive ketones (excluding diaryl/α,β-unsaturated/α-hetero) is 1. The molecule has 4 heteroatoms. The molecule has 124 valence electrons. The standard InChI is InChI=1S/C20H20FNOS/c1-2-8-22-9-7-14-11-19(18(23)10-13-3-4-13)24-20(14)16-6-5-15(21)12-17(16)22/h2,5-6,11-13H,1,3-4,7-10H2. The highest BCUT2D eigenvalue weighted by Crippen LogP contribution is 2.43. The van der Waals surface area contributed by atoms with Crippen molar-refractivity contribution in [3.8, 4) is 10.4 Å². The van der Waals surface area contributed by atoms with Crippen molar-refractivity contribution < 1.29 is 9.18 Å². The number of hydrogen-bond donors (Lipinski definition) is 0. The maximum absolute atomic E-state index is 13.8. The predicted octanol–water partition coefficient (Wildman–Crippen LogP) is 5.09. The third-order valence-corrected chi connectivity index (χ3v) is 6.05. The zero-order chi connectivity index (χ0) is 16.7. The van der Waals surface area contributed by atoms with Crippen LogP contribution in [0.4, 0.5) is 10.1 Å². The van der Waals surface area contributed by atoms with Crippen LogP contribution in [0.5, 0.6) is 0 Å². The van der Waals surface area contributed by atoms with E-state index in [9.17, 15) is 9.18 Å². The van der Waals surface area contributed by atoms with Crippen LogP contribution in [0.15, 0.2) is 36.9 Å². The fourth-order valence-electron chi connectivity index (χ4n) is 3.34. The van der Waals surface area contributed by atoms with Gasteiger partial charge >= 0.3 is 0 Å². The van der Waals surface area contributed by atoms with Crippen molar-refractivity contribution >= 4 is 22.8 Å². The maximum atomic E-state index is 13.8. The van der Waals surface area contributed by atoms with E-state index >= 15 is 0 Å². The van der Waals surface area contributed by atoms with Gasteiger partial charge < -0.3 is 4.90 Å². The summed E-state index contributed by atoms with van der Waals surface area (Å²) in [6, 6.07) is 7.01. The molecular weight excluding hydrogens is 321 g/mol. The summed E-state index contributed by atoms with van der Waals surface area (Å²) in [5.74, 6) is 0.638. The molecule has 2 nitrogen and oxygen atoms in total. The molecule has 1 aliphatic carbocycles. The van der Waals surface area contributed by atoms with Gasteiger partial charge in [0.05, 0.1) is 4.88 Å². The summed E-state index contributed by atoms with van der Waals surface area (Å²) in [6.07, 6.45) is 5.77. The minimum Gasteiger partial charge on any atom is -0.367 e. The second kappa shape index (κ2) is 6.17.